The molecule has 0 saturated carbocycles. The molecule has 0 aromatic heterocycles. The summed E-state index contributed by atoms with van der Waals surface area (Å²) < 4.78 is 19.2. The summed E-state index contributed by atoms with van der Waals surface area (Å²) in [6.45, 7) is 3.04. The van der Waals surface area contributed by atoms with Gasteiger partial charge in [-0.25, -0.2) is 4.39 Å². The zero-order valence-corrected chi connectivity index (χ0v) is 10.8. The Bertz CT molecular complexity index is 597. The highest BCUT2D eigenvalue weighted by molar-refractivity contribution is 5.53. The van der Waals surface area contributed by atoms with Gasteiger partial charge in [-0.15, -0.1) is 0 Å². The highest BCUT2D eigenvalue weighted by Gasteiger charge is 2.20. The first kappa shape index (κ1) is 12.2. The van der Waals surface area contributed by atoms with E-state index in [1.165, 1.54) is 17.2 Å². The van der Waals surface area contributed by atoms with Gasteiger partial charge >= 0.3 is 0 Å². The maximum atomic E-state index is 13.6. The van der Waals surface area contributed by atoms with Gasteiger partial charge in [-0.05, 0) is 30.2 Å². The Morgan fingerprint density at radius 1 is 1.16 bits per heavy atom. The number of hydrogen-bond donors (Lipinski definition) is 1. The van der Waals surface area contributed by atoms with Crippen LogP contribution in [0.5, 0.6) is 0 Å². The summed E-state index contributed by atoms with van der Waals surface area (Å²) >= 11 is 0. The van der Waals surface area contributed by atoms with Crippen molar-refractivity contribution >= 4 is 5.69 Å². The molecule has 1 N–H and O–H groups in total. The van der Waals surface area contributed by atoms with Gasteiger partial charge in [0, 0.05) is 11.3 Å². The summed E-state index contributed by atoms with van der Waals surface area (Å²) in [6.07, 6.45) is 0. The number of benzene rings is 2. The minimum atomic E-state index is -0.185. The molecule has 0 bridgehead atoms. The smallest absolute Gasteiger partial charge is 0.128 e. The highest BCUT2D eigenvalue weighted by Crippen LogP contribution is 2.29. The molecular weight excluding hydrogens is 241 g/mol. The molecule has 1 heterocycles. The van der Waals surface area contributed by atoms with Gasteiger partial charge in [0.25, 0.3) is 0 Å². The van der Waals surface area contributed by atoms with Crippen LogP contribution in [-0.4, -0.2) is 6.61 Å². The van der Waals surface area contributed by atoms with Gasteiger partial charge in [0.15, 0.2) is 0 Å². The van der Waals surface area contributed by atoms with E-state index in [4.69, 9.17) is 4.74 Å². The number of ether oxygens (including phenoxy) is 1. The van der Waals surface area contributed by atoms with Gasteiger partial charge < -0.3 is 10.1 Å². The van der Waals surface area contributed by atoms with E-state index in [0.29, 0.717) is 18.8 Å². The van der Waals surface area contributed by atoms with Crippen LogP contribution in [0.2, 0.25) is 0 Å². The standard InChI is InChI=1S/C16H16FNO/c1-11-14(17)7-4-8-15(11)18-16-10-19-9-12-5-2-3-6-13(12)16/h2-8,16,18H,9-10H2,1H3. The van der Waals surface area contributed by atoms with Crippen molar-refractivity contribution in [1.29, 1.82) is 0 Å². The first-order valence-corrected chi connectivity index (χ1v) is 6.43. The third-order valence-electron chi connectivity index (χ3n) is 3.57. The first-order chi connectivity index (χ1) is 9.25. The predicted octanol–water partition coefficient (Wildman–Crippen LogP) is 3.82. The SMILES string of the molecule is Cc1c(F)cccc1NC1COCc2ccccc21. The molecule has 0 radical (unpaired) electrons. The Hall–Kier alpha value is -1.87. The average Bonchev–Trinajstić information content (AvgIpc) is 2.44. The predicted molar refractivity (Wildman–Crippen MR) is 73.6 cm³/mol. The van der Waals surface area contributed by atoms with Gasteiger partial charge in [-0.3, -0.25) is 0 Å². The third-order valence-corrected chi connectivity index (χ3v) is 3.57. The van der Waals surface area contributed by atoms with Crippen LogP contribution in [-0.2, 0) is 11.3 Å². The summed E-state index contributed by atoms with van der Waals surface area (Å²) in [5, 5.41) is 3.38. The number of fused-ring (bicyclic) bond motifs is 1. The highest BCUT2D eigenvalue weighted by atomic mass is 19.1. The maximum absolute atomic E-state index is 13.6. The molecule has 2 aromatic carbocycles. The molecule has 0 fully saturated rings. The zero-order chi connectivity index (χ0) is 13.2. The molecule has 1 aliphatic heterocycles. The average molecular weight is 257 g/mol. The Morgan fingerprint density at radius 2 is 2.00 bits per heavy atom. The monoisotopic (exact) mass is 257 g/mol. The van der Waals surface area contributed by atoms with E-state index < -0.39 is 0 Å². The fourth-order valence-electron chi connectivity index (χ4n) is 2.45. The van der Waals surface area contributed by atoms with Gasteiger partial charge in [0.2, 0.25) is 0 Å². The Morgan fingerprint density at radius 3 is 2.89 bits per heavy atom. The topological polar surface area (TPSA) is 21.3 Å². The van der Waals surface area contributed by atoms with E-state index >= 15 is 0 Å². The van der Waals surface area contributed by atoms with Crippen molar-refractivity contribution in [2.75, 3.05) is 11.9 Å². The van der Waals surface area contributed by atoms with Crippen LogP contribution in [0.1, 0.15) is 22.7 Å². The van der Waals surface area contributed by atoms with Crippen LogP contribution < -0.4 is 5.32 Å². The second kappa shape index (κ2) is 5.02. The lowest BCUT2D eigenvalue weighted by Crippen LogP contribution is -2.23. The van der Waals surface area contributed by atoms with Crippen molar-refractivity contribution in [1.82, 2.24) is 0 Å². The number of anilines is 1. The molecule has 2 aromatic rings. The van der Waals surface area contributed by atoms with Gasteiger partial charge in [0.1, 0.15) is 5.82 Å². The molecule has 0 aliphatic carbocycles. The second-order valence-corrected chi connectivity index (χ2v) is 4.82. The van der Waals surface area contributed by atoms with Gasteiger partial charge in [0.05, 0.1) is 19.3 Å². The number of halogens is 1. The van der Waals surface area contributed by atoms with Crippen molar-refractivity contribution in [3.8, 4) is 0 Å². The third kappa shape index (κ3) is 2.34. The lowest BCUT2D eigenvalue weighted by molar-refractivity contribution is 0.0970. The van der Waals surface area contributed by atoms with E-state index in [1.54, 1.807) is 13.0 Å². The minimum absolute atomic E-state index is 0.0745. The molecule has 0 amide bonds. The Balaban J connectivity index is 1.91. The molecule has 3 rings (SSSR count). The molecule has 0 saturated heterocycles. The van der Waals surface area contributed by atoms with Gasteiger partial charge in [-0.2, -0.15) is 0 Å². The molecule has 2 nitrogen and oxygen atoms in total. The molecule has 19 heavy (non-hydrogen) atoms. The second-order valence-electron chi connectivity index (χ2n) is 4.82. The summed E-state index contributed by atoms with van der Waals surface area (Å²) in [7, 11) is 0. The summed E-state index contributed by atoms with van der Waals surface area (Å²) in [4.78, 5) is 0. The van der Waals surface area contributed by atoms with E-state index in [1.807, 2.05) is 18.2 Å². The van der Waals surface area contributed by atoms with Gasteiger partial charge in [-0.1, -0.05) is 30.3 Å². The summed E-state index contributed by atoms with van der Waals surface area (Å²) in [5.74, 6) is -0.185. The molecular formula is C16H16FNO. The number of rotatable bonds is 2. The fraction of sp³-hybridized carbons (Fsp3) is 0.250. The molecule has 3 heteroatoms. The van der Waals surface area contributed by atoms with Crippen molar-refractivity contribution in [2.45, 2.75) is 19.6 Å². The first-order valence-electron chi connectivity index (χ1n) is 6.43. The normalized spacial score (nSPS) is 17.9. The van der Waals surface area contributed by atoms with E-state index in [2.05, 4.69) is 17.4 Å². The van der Waals surface area contributed by atoms with E-state index in [9.17, 15) is 4.39 Å². The lowest BCUT2D eigenvalue weighted by atomic mass is 9.98. The van der Waals surface area contributed by atoms with Crippen molar-refractivity contribution in [3.63, 3.8) is 0 Å². The fourth-order valence-corrected chi connectivity index (χ4v) is 2.45. The molecule has 98 valence electrons. The quantitative estimate of drug-likeness (QED) is 0.883. The summed E-state index contributed by atoms with van der Waals surface area (Å²) in [6, 6.07) is 13.4. The lowest BCUT2D eigenvalue weighted by Gasteiger charge is -2.28. The van der Waals surface area contributed by atoms with Crippen LogP contribution in [0.4, 0.5) is 10.1 Å². The largest absolute Gasteiger partial charge is 0.376 e. The number of nitrogens with one attached hydrogen (secondary N) is 1. The molecule has 1 aliphatic rings. The van der Waals surface area contributed by atoms with Crippen LogP contribution in [0.3, 0.4) is 0 Å². The molecule has 1 atom stereocenters. The van der Waals surface area contributed by atoms with E-state index in [-0.39, 0.29) is 11.9 Å². The molecule has 0 spiro atoms. The van der Waals surface area contributed by atoms with Crippen LogP contribution >= 0.6 is 0 Å². The van der Waals surface area contributed by atoms with Crippen LogP contribution in [0.15, 0.2) is 42.5 Å². The number of hydrogen-bond acceptors (Lipinski definition) is 2. The Kier molecular flexibility index (Phi) is 3.22. The molecule has 1 unspecified atom stereocenters. The van der Waals surface area contributed by atoms with Crippen molar-refractivity contribution < 1.29 is 9.13 Å². The van der Waals surface area contributed by atoms with E-state index in [0.717, 1.165) is 5.69 Å². The summed E-state index contributed by atoms with van der Waals surface area (Å²) in [5.41, 5.74) is 3.90. The maximum Gasteiger partial charge on any atom is 0.128 e. The minimum Gasteiger partial charge on any atom is -0.376 e. The van der Waals surface area contributed by atoms with Crippen molar-refractivity contribution in [3.05, 3.63) is 65.0 Å². The van der Waals surface area contributed by atoms with Crippen LogP contribution in [0, 0.1) is 12.7 Å². The Labute approximate surface area is 112 Å². The van der Waals surface area contributed by atoms with Crippen molar-refractivity contribution in [2.24, 2.45) is 0 Å². The zero-order valence-electron chi connectivity index (χ0n) is 10.8. The van der Waals surface area contributed by atoms with Crippen LogP contribution in [0.25, 0.3) is 0 Å².